The summed E-state index contributed by atoms with van der Waals surface area (Å²) in [5.41, 5.74) is 0.810. The molecule has 0 aliphatic rings. The summed E-state index contributed by atoms with van der Waals surface area (Å²) in [6.07, 6.45) is 3.47. The van der Waals surface area contributed by atoms with Crippen molar-refractivity contribution in [3.63, 3.8) is 0 Å². The van der Waals surface area contributed by atoms with Crippen molar-refractivity contribution in [2.75, 3.05) is 7.05 Å². The van der Waals surface area contributed by atoms with E-state index in [1.165, 1.54) is 4.68 Å². The molecule has 0 aliphatic heterocycles. The van der Waals surface area contributed by atoms with E-state index in [2.05, 4.69) is 20.7 Å². The van der Waals surface area contributed by atoms with E-state index in [4.69, 9.17) is 0 Å². The minimum atomic E-state index is -1.17. The van der Waals surface area contributed by atoms with E-state index in [1.54, 1.807) is 24.1 Å². The Labute approximate surface area is 120 Å². The topological polar surface area (TPSA) is 115 Å². The van der Waals surface area contributed by atoms with Gasteiger partial charge in [-0.2, -0.15) is 5.10 Å². The zero-order valence-electron chi connectivity index (χ0n) is 11.8. The molecule has 2 rings (SSSR count). The van der Waals surface area contributed by atoms with Crippen molar-refractivity contribution in [1.29, 1.82) is 0 Å². The molecule has 0 aromatic carbocycles. The Morgan fingerprint density at radius 1 is 1.43 bits per heavy atom. The normalized spacial score (nSPS) is 10.6. The van der Waals surface area contributed by atoms with Crippen molar-refractivity contribution >= 4 is 11.9 Å². The fourth-order valence-corrected chi connectivity index (χ4v) is 1.89. The zero-order chi connectivity index (χ0) is 15.4. The predicted octanol–water partition coefficient (Wildman–Crippen LogP) is -0.00420. The average Bonchev–Trinajstić information content (AvgIpc) is 3.10. The minimum absolute atomic E-state index is 0.150. The summed E-state index contributed by atoms with van der Waals surface area (Å²) in [6.45, 7) is 2.84. The highest BCUT2D eigenvalue weighted by molar-refractivity contribution is 5.92. The Bertz CT molecular complexity index is 660. The molecule has 1 amide bonds. The highest BCUT2D eigenvalue weighted by Gasteiger charge is 2.22. The molecule has 0 spiro atoms. The smallest absolute Gasteiger partial charge is 0.358 e. The lowest BCUT2D eigenvalue weighted by atomic mass is 10.2. The molecule has 2 aromatic rings. The van der Waals surface area contributed by atoms with Crippen LogP contribution in [0.5, 0.6) is 0 Å². The Hall–Kier alpha value is -2.71. The summed E-state index contributed by atoms with van der Waals surface area (Å²) in [6, 6.07) is 0. The van der Waals surface area contributed by atoms with E-state index in [-0.39, 0.29) is 24.6 Å². The van der Waals surface area contributed by atoms with Gasteiger partial charge in [0.05, 0.1) is 12.7 Å². The zero-order valence-corrected chi connectivity index (χ0v) is 11.8. The monoisotopic (exact) mass is 292 g/mol. The highest BCUT2D eigenvalue weighted by Crippen LogP contribution is 2.22. The van der Waals surface area contributed by atoms with Gasteiger partial charge < -0.3 is 10.4 Å². The molecule has 0 saturated carbocycles. The number of aromatic nitrogens is 5. The first kappa shape index (κ1) is 14.7. The summed E-state index contributed by atoms with van der Waals surface area (Å²) < 4.78 is 3.09. The molecule has 0 aliphatic carbocycles. The lowest BCUT2D eigenvalue weighted by Gasteiger charge is -2.04. The second kappa shape index (κ2) is 6.16. The maximum atomic E-state index is 11.3. The van der Waals surface area contributed by atoms with Crippen molar-refractivity contribution in [3.05, 3.63) is 18.1 Å². The number of nitrogens with zero attached hydrogens (tertiary/aromatic N) is 5. The fraction of sp³-hybridized carbons (Fsp3) is 0.417. The van der Waals surface area contributed by atoms with Crippen molar-refractivity contribution in [3.8, 4) is 11.3 Å². The molecule has 0 saturated heterocycles. The van der Waals surface area contributed by atoms with Gasteiger partial charge in [0.2, 0.25) is 5.91 Å². The van der Waals surface area contributed by atoms with Crippen LogP contribution in [0.1, 0.15) is 23.8 Å². The molecule has 9 nitrogen and oxygen atoms in total. The number of carboxylic acid groups (broad SMARTS) is 1. The highest BCUT2D eigenvalue weighted by atomic mass is 16.4. The van der Waals surface area contributed by atoms with Crippen LogP contribution < -0.4 is 5.32 Å². The van der Waals surface area contributed by atoms with Crippen molar-refractivity contribution in [2.24, 2.45) is 0 Å². The second-order valence-electron chi connectivity index (χ2n) is 4.32. The molecule has 0 fully saturated rings. The van der Waals surface area contributed by atoms with Crippen LogP contribution in [0, 0.1) is 0 Å². The maximum absolute atomic E-state index is 11.3. The number of amides is 1. The second-order valence-corrected chi connectivity index (χ2v) is 4.32. The summed E-state index contributed by atoms with van der Waals surface area (Å²) >= 11 is 0. The summed E-state index contributed by atoms with van der Waals surface area (Å²) in [7, 11) is 1.54. The van der Waals surface area contributed by atoms with Gasteiger partial charge in [0.15, 0.2) is 5.69 Å². The van der Waals surface area contributed by atoms with E-state index < -0.39 is 5.97 Å². The van der Waals surface area contributed by atoms with Crippen LogP contribution in [-0.2, 0) is 17.9 Å². The van der Waals surface area contributed by atoms with Crippen molar-refractivity contribution < 1.29 is 14.7 Å². The Morgan fingerprint density at radius 2 is 2.19 bits per heavy atom. The molecular weight excluding hydrogens is 276 g/mol. The van der Waals surface area contributed by atoms with Crippen LogP contribution in [-0.4, -0.2) is 48.8 Å². The SMILES string of the molecule is CCn1cc(-c2c(C(=O)O)nnn2CCC(=O)NC)cn1. The lowest BCUT2D eigenvalue weighted by molar-refractivity contribution is -0.120. The molecule has 0 unspecified atom stereocenters. The third-order valence-corrected chi connectivity index (χ3v) is 3.00. The van der Waals surface area contributed by atoms with E-state index in [1.807, 2.05) is 6.92 Å². The maximum Gasteiger partial charge on any atom is 0.358 e. The predicted molar refractivity (Wildman–Crippen MR) is 72.6 cm³/mol. The van der Waals surface area contributed by atoms with Crippen LogP contribution in [0.25, 0.3) is 11.3 Å². The van der Waals surface area contributed by atoms with Crippen LogP contribution in [0.15, 0.2) is 12.4 Å². The van der Waals surface area contributed by atoms with Gasteiger partial charge in [-0.05, 0) is 6.92 Å². The number of carbonyl (C=O) groups is 2. The third kappa shape index (κ3) is 3.07. The molecule has 2 N–H and O–H groups in total. The van der Waals surface area contributed by atoms with Gasteiger partial charge in [-0.25, -0.2) is 9.48 Å². The van der Waals surface area contributed by atoms with E-state index >= 15 is 0 Å². The summed E-state index contributed by atoms with van der Waals surface area (Å²) in [4.78, 5) is 22.6. The largest absolute Gasteiger partial charge is 0.476 e. The number of aromatic carboxylic acids is 1. The average molecular weight is 292 g/mol. The van der Waals surface area contributed by atoms with Gasteiger partial charge in [-0.15, -0.1) is 5.10 Å². The number of rotatable bonds is 6. The van der Waals surface area contributed by atoms with Gasteiger partial charge in [-0.3, -0.25) is 9.48 Å². The standard InChI is InChI=1S/C12H16N6O3/c1-3-17-7-8(6-14-17)11-10(12(20)21)15-16-18(11)5-4-9(19)13-2/h6-7H,3-5H2,1-2H3,(H,13,19)(H,20,21). The van der Waals surface area contributed by atoms with E-state index in [0.717, 1.165) is 0 Å². The first-order chi connectivity index (χ1) is 10.1. The first-order valence-corrected chi connectivity index (χ1v) is 6.47. The first-order valence-electron chi connectivity index (χ1n) is 6.47. The van der Waals surface area contributed by atoms with E-state index in [0.29, 0.717) is 17.8 Å². The Morgan fingerprint density at radius 3 is 2.76 bits per heavy atom. The van der Waals surface area contributed by atoms with Gasteiger partial charge in [-0.1, -0.05) is 5.21 Å². The number of aryl methyl sites for hydroxylation is 2. The van der Waals surface area contributed by atoms with Gasteiger partial charge in [0, 0.05) is 31.8 Å². The molecule has 0 atom stereocenters. The van der Waals surface area contributed by atoms with Crippen LogP contribution in [0.3, 0.4) is 0 Å². The number of carbonyl (C=O) groups excluding carboxylic acids is 1. The van der Waals surface area contributed by atoms with Crippen molar-refractivity contribution in [2.45, 2.75) is 26.4 Å². The van der Waals surface area contributed by atoms with Crippen LogP contribution in [0.2, 0.25) is 0 Å². The molecule has 2 aromatic heterocycles. The van der Waals surface area contributed by atoms with Crippen molar-refractivity contribution in [1.82, 2.24) is 30.1 Å². The number of hydrogen-bond donors (Lipinski definition) is 2. The fourth-order valence-electron chi connectivity index (χ4n) is 1.89. The summed E-state index contributed by atoms with van der Waals surface area (Å²) in [5, 5.41) is 23.3. The number of carboxylic acids is 1. The third-order valence-electron chi connectivity index (χ3n) is 3.00. The quantitative estimate of drug-likeness (QED) is 0.774. The minimum Gasteiger partial charge on any atom is -0.476 e. The number of nitrogens with one attached hydrogen (secondary N) is 1. The van der Waals surface area contributed by atoms with Gasteiger partial charge >= 0.3 is 5.97 Å². The van der Waals surface area contributed by atoms with Gasteiger partial charge in [0.25, 0.3) is 0 Å². The van der Waals surface area contributed by atoms with E-state index in [9.17, 15) is 14.7 Å². The molecule has 21 heavy (non-hydrogen) atoms. The molecule has 0 bridgehead atoms. The van der Waals surface area contributed by atoms with Gasteiger partial charge in [0.1, 0.15) is 5.69 Å². The Balaban J connectivity index is 2.37. The number of hydrogen-bond acceptors (Lipinski definition) is 5. The molecule has 9 heteroatoms. The molecule has 0 radical (unpaired) electrons. The Kier molecular flexibility index (Phi) is 4.31. The lowest BCUT2D eigenvalue weighted by Crippen LogP contribution is -2.20. The summed E-state index contributed by atoms with van der Waals surface area (Å²) in [5.74, 6) is -1.32. The van der Waals surface area contributed by atoms with Crippen LogP contribution in [0.4, 0.5) is 0 Å². The molecular formula is C12H16N6O3. The van der Waals surface area contributed by atoms with Crippen LogP contribution >= 0.6 is 0 Å². The molecule has 112 valence electrons. The molecule has 2 heterocycles.